The highest BCUT2D eigenvalue weighted by atomic mass is 16.5. The molecule has 3 N–H and O–H groups in total. The van der Waals surface area contributed by atoms with E-state index in [0.717, 1.165) is 48.3 Å². The van der Waals surface area contributed by atoms with Crippen molar-refractivity contribution in [3.8, 4) is 22.6 Å². The van der Waals surface area contributed by atoms with E-state index in [4.69, 9.17) is 10.5 Å². The number of anilines is 2. The summed E-state index contributed by atoms with van der Waals surface area (Å²) in [6.07, 6.45) is 8.69. The molecule has 164 valence electrons. The van der Waals surface area contributed by atoms with Crippen LogP contribution in [0.4, 0.5) is 11.6 Å². The highest BCUT2D eigenvalue weighted by Gasteiger charge is 2.27. The van der Waals surface area contributed by atoms with Gasteiger partial charge in [0.25, 0.3) is 0 Å². The van der Waals surface area contributed by atoms with Gasteiger partial charge >= 0.3 is 0 Å². The third kappa shape index (κ3) is 5.14. The van der Waals surface area contributed by atoms with E-state index >= 15 is 0 Å². The second-order valence-electron chi connectivity index (χ2n) is 8.03. The molecule has 1 fully saturated rings. The number of para-hydroxylation sites is 1. The number of allylic oxidation sites excluding steroid dienone is 2. The number of carbonyl (C=O) groups excluding carboxylic acids is 1. The van der Waals surface area contributed by atoms with Crippen molar-refractivity contribution in [2.45, 2.75) is 38.6 Å². The van der Waals surface area contributed by atoms with Gasteiger partial charge in [-0.1, -0.05) is 42.8 Å². The van der Waals surface area contributed by atoms with Gasteiger partial charge in [-0.3, -0.25) is 4.79 Å². The predicted molar refractivity (Wildman–Crippen MR) is 128 cm³/mol. The molecule has 1 unspecified atom stereocenters. The van der Waals surface area contributed by atoms with Crippen LogP contribution >= 0.6 is 0 Å². The number of ketones is 1. The molecule has 6 nitrogen and oxygen atoms in total. The Morgan fingerprint density at radius 1 is 1.06 bits per heavy atom. The van der Waals surface area contributed by atoms with Crippen LogP contribution in [0.2, 0.25) is 0 Å². The van der Waals surface area contributed by atoms with E-state index in [1.165, 1.54) is 6.33 Å². The Hall–Kier alpha value is -3.67. The summed E-state index contributed by atoms with van der Waals surface area (Å²) in [4.78, 5) is 21.0. The maximum atomic E-state index is 12.3. The van der Waals surface area contributed by atoms with Crippen LogP contribution in [0.15, 0.2) is 73.1 Å². The first kappa shape index (κ1) is 21.6. The Kier molecular flexibility index (Phi) is 6.80. The summed E-state index contributed by atoms with van der Waals surface area (Å²) in [7, 11) is 0. The van der Waals surface area contributed by atoms with Crippen molar-refractivity contribution < 1.29 is 9.53 Å². The molecule has 1 saturated carbocycles. The van der Waals surface area contributed by atoms with Gasteiger partial charge in [-0.15, -0.1) is 0 Å². The number of nitrogens with one attached hydrogen (secondary N) is 1. The molecular weight excluding hydrogens is 400 g/mol. The van der Waals surface area contributed by atoms with Gasteiger partial charge in [0.2, 0.25) is 0 Å². The Labute approximate surface area is 188 Å². The number of rotatable bonds is 7. The maximum Gasteiger partial charge on any atom is 0.158 e. The molecule has 0 spiro atoms. The van der Waals surface area contributed by atoms with Crippen LogP contribution in [0.3, 0.4) is 0 Å². The van der Waals surface area contributed by atoms with Crippen LogP contribution in [-0.2, 0) is 4.79 Å². The summed E-state index contributed by atoms with van der Waals surface area (Å²) in [6.45, 7) is 1.88. The lowest BCUT2D eigenvalue weighted by Gasteiger charge is -2.29. The van der Waals surface area contributed by atoms with Gasteiger partial charge in [-0.05, 0) is 62.1 Å². The molecule has 32 heavy (non-hydrogen) atoms. The number of aromatic nitrogens is 2. The molecule has 0 saturated heterocycles. The lowest BCUT2D eigenvalue weighted by atomic mass is 9.83. The molecule has 0 radical (unpaired) electrons. The van der Waals surface area contributed by atoms with E-state index in [1.807, 2.05) is 67.6 Å². The first-order chi connectivity index (χ1) is 15.6. The number of ether oxygens (including phenoxy) is 1. The standard InChI is InChI=1S/C26H28N4O2/c1-2-7-23(31)19-8-6-9-20(16-19)30-26-24(25(27)28-17-29-26)18-12-14-22(15-13-18)32-21-10-4-3-5-11-21/h2-5,7,10-15,17,19-20H,6,8-9,16H2,1H3,(H3,27,28,29,30)/b7-2+/t19-,20?/m0/s1. The average Bonchev–Trinajstić information content (AvgIpc) is 2.81. The number of nitrogen functional groups attached to an aromatic ring is 1. The summed E-state index contributed by atoms with van der Waals surface area (Å²) in [6, 6.07) is 17.5. The molecule has 6 heteroatoms. The number of benzene rings is 2. The zero-order valence-corrected chi connectivity index (χ0v) is 18.2. The third-order valence-corrected chi connectivity index (χ3v) is 5.75. The van der Waals surface area contributed by atoms with Gasteiger partial charge in [0.05, 0.1) is 5.56 Å². The minimum Gasteiger partial charge on any atom is -0.457 e. The van der Waals surface area contributed by atoms with Crippen molar-refractivity contribution in [2.75, 3.05) is 11.1 Å². The van der Waals surface area contributed by atoms with Gasteiger partial charge in [0, 0.05) is 12.0 Å². The zero-order chi connectivity index (χ0) is 22.3. The molecule has 4 rings (SSSR count). The molecular formula is C26H28N4O2. The van der Waals surface area contributed by atoms with Gasteiger partial charge in [0.15, 0.2) is 5.78 Å². The van der Waals surface area contributed by atoms with Gasteiger partial charge < -0.3 is 15.8 Å². The van der Waals surface area contributed by atoms with Crippen molar-refractivity contribution in [1.29, 1.82) is 0 Å². The fourth-order valence-corrected chi connectivity index (χ4v) is 4.18. The number of hydrogen-bond donors (Lipinski definition) is 2. The van der Waals surface area contributed by atoms with Gasteiger partial charge in [-0.25, -0.2) is 9.97 Å². The lowest BCUT2D eigenvalue weighted by Crippen LogP contribution is -2.31. The second-order valence-corrected chi connectivity index (χ2v) is 8.03. The lowest BCUT2D eigenvalue weighted by molar-refractivity contribution is -0.119. The molecule has 0 bridgehead atoms. The van der Waals surface area contributed by atoms with Crippen LogP contribution in [0.25, 0.3) is 11.1 Å². The van der Waals surface area contributed by atoms with Gasteiger partial charge in [-0.2, -0.15) is 0 Å². The number of carbonyl (C=O) groups is 1. The van der Waals surface area contributed by atoms with Crippen LogP contribution in [-0.4, -0.2) is 21.8 Å². The quantitative estimate of drug-likeness (QED) is 0.474. The highest BCUT2D eigenvalue weighted by Crippen LogP contribution is 2.35. The van der Waals surface area contributed by atoms with E-state index in [2.05, 4.69) is 15.3 Å². The zero-order valence-electron chi connectivity index (χ0n) is 18.2. The molecule has 2 atom stereocenters. The van der Waals surface area contributed by atoms with E-state index < -0.39 is 0 Å². The van der Waals surface area contributed by atoms with Crippen molar-refractivity contribution in [3.05, 3.63) is 73.1 Å². The number of hydrogen-bond acceptors (Lipinski definition) is 6. The van der Waals surface area contributed by atoms with Gasteiger partial charge in [0.1, 0.15) is 29.5 Å². The Morgan fingerprint density at radius 2 is 1.81 bits per heavy atom. The molecule has 0 aliphatic heterocycles. The highest BCUT2D eigenvalue weighted by molar-refractivity contribution is 5.91. The van der Waals surface area contributed by atoms with Crippen molar-refractivity contribution in [1.82, 2.24) is 9.97 Å². The number of nitrogens with two attached hydrogens (primary N) is 1. The molecule has 2 aromatic carbocycles. The van der Waals surface area contributed by atoms with Crippen molar-refractivity contribution in [2.24, 2.45) is 5.92 Å². The summed E-state index contributed by atoms with van der Waals surface area (Å²) in [5.74, 6) is 2.88. The molecule has 3 aromatic rings. The predicted octanol–water partition coefficient (Wildman–Crippen LogP) is 5.63. The minimum absolute atomic E-state index is 0.0505. The van der Waals surface area contributed by atoms with E-state index in [0.29, 0.717) is 11.6 Å². The summed E-state index contributed by atoms with van der Waals surface area (Å²) in [5, 5.41) is 3.53. The maximum absolute atomic E-state index is 12.3. The van der Waals surface area contributed by atoms with Crippen LogP contribution in [0.1, 0.15) is 32.6 Å². The Bertz CT molecular complexity index is 1080. The Balaban J connectivity index is 1.52. The summed E-state index contributed by atoms with van der Waals surface area (Å²) < 4.78 is 5.89. The molecule has 1 aromatic heterocycles. The van der Waals surface area contributed by atoms with Crippen molar-refractivity contribution >= 4 is 17.4 Å². The SMILES string of the molecule is C/C=C/C(=O)[C@H]1CCCC(Nc2ncnc(N)c2-c2ccc(Oc3ccccc3)cc2)C1. The monoisotopic (exact) mass is 428 g/mol. The third-order valence-electron chi connectivity index (χ3n) is 5.75. The van der Waals surface area contributed by atoms with Crippen LogP contribution in [0, 0.1) is 5.92 Å². The van der Waals surface area contributed by atoms with E-state index in [1.54, 1.807) is 6.08 Å². The fraction of sp³-hybridized carbons (Fsp3) is 0.269. The Morgan fingerprint density at radius 3 is 2.56 bits per heavy atom. The molecule has 1 aliphatic carbocycles. The molecule has 1 heterocycles. The van der Waals surface area contributed by atoms with Crippen molar-refractivity contribution in [3.63, 3.8) is 0 Å². The normalized spacial score (nSPS) is 18.4. The summed E-state index contributed by atoms with van der Waals surface area (Å²) in [5.41, 5.74) is 7.92. The fourth-order valence-electron chi connectivity index (χ4n) is 4.18. The van der Waals surface area contributed by atoms with Crippen LogP contribution in [0.5, 0.6) is 11.5 Å². The largest absolute Gasteiger partial charge is 0.457 e. The molecule has 1 aliphatic rings. The average molecular weight is 429 g/mol. The summed E-state index contributed by atoms with van der Waals surface area (Å²) >= 11 is 0. The first-order valence-electron chi connectivity index (χ1n) is 11.0. The van der Waals surface area contributed by atoms with Crippen LogP contribution < -0.4 is 15.8 Å². The smallest absolute Gasteiger partial charge is 0.158 e. The minimum atomic E-state index is 0.0505. The second kappa shape index (κ2) is 10.1. The first-order valence-corrected chi connectivity index (χ1v) is 11.0. The van der Waals surface area contributed by atoms with E-state index in [9.17, 15) is 4.79 Å². The number of nitrogens with zero attached hydrogens (tertiary/aromatic N) is 2. The van der Waals surface area contributed by atoms with E-state index in [-0.39, 0.29) is 17.7 Å². The molecule has 0 amide bonds. The topological polar surface area (TPSA) is 90.1 Å².